The lowest BCUT2D eigenvalue weighted by molar-refractivity contribution is 0.190. The highest BCUT2D eigenvalue weighted by Crippen LogP contribution is 2.38. The molecule has 4 heteroatoms. The van der Waals surface area contributed by atoms with Crippen molar-refractivity contribution < 1.29 is 0 Å². The van der Waals surface area contributed by atoms with E-state index in [0.29, 0.717) is 5.84 Å². The summed E-state index contributed by atoms with van der Waals surface area (Å²) in [4.78, 5) is 9.49. The van der Waals surface area contributed by atoms with Gasteiger partial charge in [-0.15, -0.1) is 0 Å². The van der Waals surface area contributed by atoms with Gasteiger partial charge in [-0.25, -0.2) is 4.99 Å². The Kier molecular flexibility index (Phi) is 6.88. The van der Waals surface area contributed by atoms with Gasteiger partial charge in [-0.05, 0) is 19.2 Å². The highest BCUT2D eigenvalue weighted by atomic mass is 15.3. The van der Waals surface area contributed by atoms with Crippen molar-refractivity contribution in [3.63, 3.8) is 0 Å². The second kappa shape index (κ2) is 8.18. The molecule has 0 atom stereocenters. The summed E-state index contributed by atoms with van der Waals surface area (Å²) in [7, 11) is 4.30. The van der Waals surface area contributed by atoms with E-state index in [1.165, 1.54) is 5.69 Å². The first-order valence-corrected chi connectivity index (χ1v) is 8.49. The van der Waals surface area contributed by atoms with E-state index in [0.717, 1.165) is 31.5 Å². The number of likely N-dealkylation sites (tertiary alicyclic amines) is 1. The van der Waals surface area contributed by atoms with Crippen molar-refractivity contribution in [3.05, 3.63) is 29.8 Å². The van der Waals surface area contributed by atoms with Gasteiger partial charge in [-0.1, -0.05) is 39.8 Å². The molecule has 0 amide bonds. The minimum Gasteiger partial charge on any atom is -0.383 e. The minimum absolute atomic E-state index is 0.134. The van der Waals surface area contributed by atoms with Gasteiger partial charge in [-0.3, -0.25) is 0 Å². The molecular formula is C18H32N4. The van der Waals surface area contributed by atoms with Gasteiger partial charge in [0, 0.05) is 44.2 Å². The summed E-state index contributed by atoms with van der Waals surface area (Å²) in [5.41, 5.74) is 8.29. The number of hydrogen-bond acceptors (Lipinski definition) is 4. The fourth-order valence-corrected chi connectivity index (χ4v) is 2.99. The van der Waals surface area contributed by atoms with Gasteiger partial charge in [0.2, 0.25) is 0 Å². The zero-order valence-electron chi connectivity index (χ0n) is 15.1. The van der Waals surface area contributed by atoms with Crippen molar-refractivity contribution in [2.45, 2.75) is 46.2 Å². The lowest BCUT2D eigenvalue weighted by Crippen LogP contribution is -2.55. The van der Waals surface area contributed by atoms with Crippen molar-refractivity contribution in [2.24, 2.45) is 10.7 Å². The number of amidine groups is 1. The van der Waals surface area contributed by atoms with Crippen LogP contribution in [0.1, 0.15) is 46.1 Å². The Hall–Kier alpha value is -1.55. The molecule has 1 aromatic rings. The summed E-state index contributed by atoms with van der Waals surface area (Å²) >= 11 is 0. The monoisotopic (exact) mass is 304 g/mol. The van der Waals surface area contributed by atoms with Gasteiger partial charge < -0.3 is 15.5 Å². The van der Waals surface area contributed by atoms with Crippen LogP contribution in [0.3, 0.4) is 0 Å². The topological polar surface area (TPSA) is 44.9 Å². The molecule has 0 bridgehead atoms. The maximum atomic E-state index is 6.16. The van der Waals surface area contributed by atoms with E-state index in [4.69, 9.17) is 10.7 Å². The second-order valence-corrected chi connectivity index (χ2v) is 5.36. The maximum Gasteiger partial charge on any atom is 0.136 e. The fraction of sp³-hybridized carbons (Fsp3) is 0.611. The maximum absolute atomic E-state index is 6.16. The van der Waals surface area contributed by atoms with E-state index >= 15 is 0 Å². The predicted molar refractivity (Wildman–Crippen MR) is 97.7 cm³/mol. The van der Waals surface area contributed by atoms with Crippen LogP contribution in [0.15, 0.2) is 29.3 Å². The lowest BCUT2D eigenvalue weighted by Gasteiger charge is -2.47. The number of nitrogens with zero attached hydrogens (tertiary/aromatic N) is 3. The average Bonchev–Trinajstić information content (AvgIpc) is 2.59. The normalized spacial score (nSPS) is 19.2. The zero-order valence-corrected chi connectivity index (χ0v) is 15.1. The quantitative estimate of drug-likeness (QED) is 0.800. The first kappa shape index (κ1) is 18.5. The number of nitrogens with two attached hydrogens (primary N) is 1. The third kappa shape index (κ3) is 3.43. The van der Waals surface area contributed by atoms with E-state index in [2.05, 4.69) is 36.0 Å². The predicted octanol–water partition coefficient (Wildman–Crippen LogP) is 3.32. The van der Waals surface area contributed by atoms with Crippen molar-refractivity contribution in [2.75, 3.05) is 32.1 Å². The van der Waals surface area contributed by atoms with E-state index in [1.54, 1.807) is 0 Å². The van der Waals surface area contributed by atoms with E-state index < -0.39 is 0 Å². The van der Waals surface area contributed by atoms with Crippen LogP contribution in [0.25, 0.3) is 0 Å². The molecule has 1 saturated heterocycles. The molecule has 0 unspecified atom stereocenters. The van der Waals surface area contributed by atoms with Crippen molar-refractivity contribution in [1.82, 2.24) is 4.90 Å². The zero-order chi connectivity index (χ0) is 16.8. The molecule has 0 aliphatic carbocycles. The highest BCUT2D eigenvalue weighted by Gasteiger charge is 2.41. The molecule has 3 rings (SSSR count). The van der Waals surface area contributed by atoms with Crippen LogP contribution >= 0.6 is 0 Å². The number of rotatable bonds is 0. The molecule has 124 valence electrons. The Morgan fingerprint density at radius 2 is 1.55 bits per heavy atom. The third-order valence-corrected chi connectivity index (χ3v) is 4.28. The molecule has 4 nitrogen and oxygen atoms in total. The molecule has 1 aromatic carbocycles. The molecular weight excluding hydrogens is 272 g/mol. The number of benzene rings is 1. The molecule has 1 spiro atoms. The van der Waals surface area contributed by atoms with E-state index in [9.17, 15) is 0 Å². The first-order chi connectivity index (χ1) is 10.6. The van der Waals surface area contributed by atoms with Gasteiger partial charge in [0.25, 0.3) is 0 Å². The molecule has 2 heterocycles. The number of piperidine rings is 1. The molecule has 0 saturated carbocycles. The summed E-state index contributed by atoms with van der Waals surface area (Å²) in [6.07, 6.45) is 2.07. The average molecular weight is 304 g/mol. The lowest BCUT2D eigenvalue weighted by atomic mass is 9.92. The summed E-state index contributed by atoms with van der Waals surface area (Å²) in [6.45, 7) is 10.1. The Bertz CT molecular complexity index is 488. The Labute approximate surface area is 136 Å². The van der Waals surface area contributed by atoms with Crippen LogP contribution < -0.4 is 10.6 Å². The third-order valence-electron chi connectivity index (χ3n) is 4.28. The fourth-order valence-electron chi connectivity index (χ4n) is 2.99. The van der Waals surface area contributed by atoms with Crippen LogP contribution in [0.4, 0.5) is 5.69 Å². The summed E-state index contributed by atoms with van der Waals surface area (Å²) < 4.78 is 0. The van der Waals surface area contributed by atoms with Crippen molar-refractivity contribution in [3.8, 4) is 0 Å². The summed E-state index contributed by atoms with van der Waals surface area (Å²) in [6, 6.07) is 8.27. The first-order valence-electron chi connectivity index (χ1n) is 8.49. The van der Waals surface area contributed by atoms with Crippen LogP contribution in [-0.2, 0) is 0 Å². The van der Waals surface area contributed by atoms with Crippen molar-refractivity contribution >= 4 is 11.5 Å². The van der Waals surface area contributed by atoms with E-state index in [1.807, 2.05) is 39.8 Å². The second-order valence-electron chi connectivity index (χ2n) is 5.36. The Morgan fingerprint density at radius 3 is 2.14 bits per heavy atom. The molecule has 0 aromatic heterocycles. The number of para-hydroxylation sites is 1. The Balaban J connectivity index is 0.000000561. The molecule has 1 fully saturated rings. The highest BCUT2D eigenvalue weighted by molar-refractivity contribution is 6.04. The standard InChI is InChI=1S/C14H20N4.2C2H6/c1-17-9-7-14(8-10-17)16-13(15)11-5-3-4-6-12(11)18(14)2;2*1-2/h3-6H,7-10H2,1-2H3,(H2,15,16);2*1-2H3. The van der Waals surface area contributed by atoms with Gasteiger partial charge in [0.15, 0.2) is 0 Å². The van der Waals surface area contributed by atoms with Gasteiger partial charge in [-0.2, -0.15) is 0 Å². The SMILES string of the molecule is CC.CC.CN1CCC2(CC1)N=C(N)c1ccccc1N2C. The minimum atomic E-state index is -0.134. The number of hydrogen-bond donors (Lipinski definition) is 1. The molecule has 2 N–H and O–H groups in total. The van der Waals surface area contributed by atoms with Crippen LogP contribution in [0.5, 0.6) is 0 Å². The molecule has 2 aliphatic heterocycles. The summed E-state index contributed by atoms with van der Waals surface area (Å²) in [5, 5.41) is 0. The van der Waals surface area contributed by atoms with E-state index in [-0.39, 0.29) is 5.66 Å². The Morgan fingerprint density at radius 1 is 1.00 bits per heavy atom. The smallest absolute Gasteiger partial charge is 0.136 e. The molecule has 0 radical (unpaired) electrons. The number of fused-ring (bicyclic) bond motifs is 1. The van der Waals surface area contributed by atoms with Crippen LogP contribution in [0, 0.1) is 0 Å². The van der Waals surface area contributed by atoms with Crippen molar-refractivity contribution in [1.29, 1.82) is 0 Å². The van der Waals surface area contributed by atoms with Gasteiger partial charge in [0.05, 0.1) is 0 Å². The van der Waals surface area contributed by atoms with Gasteiger partial charge >= 0.3 is 0 Å². The molecule has 2 aliphatic rings. The summed E-state index contributed by atoms with van der Waals surface area (Å²) in [5.74, 6) is 0.688. The number of aliphatic imine (C=N–C) groups is 1. The van der Waals surface area contributed by atoms with Crippen LogP contribution in [0.2, 0.25) is 0 Å². The largest absolute Gasteiger partial charge is 0.383 e. The van der Waals surface area contributed by atoms with Gasteiger partial charge in [0.1, 0.15) is 11.5 Å². The number of anilines is 1. The molecule has 22 heavy (non-hydrogen) atoms. The van der Waals surface area contributed by atoms with Crippen LogP contribution in [-0.4, -0.2) is 43.6 Å².